The van der Waals surface area contributed by atoms with Crippen molar-refractivity contribution >= 4 is 17.4 Å². The first-order chi connectivity index (χ1) is 10.0. The van der Waals surface area contributed by atoms with Gasteiger partial charge in [-0.2, -0.15) is 10.4 Å². The highest BCUT2D eigenvalue weighted by molar-refractivity contribution is 5.98. The molecule has 2 rings (SSSR count). The maximum Gasteiger partial charge on any atom is 0.254 e. The molecule has 0 spiro atoms. The van der Waals surface area contributed by atoms with E-state index in [0.29, 0.717) is 11.4 Å². The van der Waals surface area contributed by atoms with Crippen LogP contribution >= 0.6 is 0 Å². The summed E-state index contributed by atoms with van der Waals surface area (Å²) in [6.07, 6.45) is 1.58. The van der Waals surface area contributed by atoms with Crippen molar-refractivity contribution in [2.75, 3.05) is 5.32 Å². The molecule has 3 N–H and O–H groups in total. The highest BCUT2D eigenvalue weighted by atomic mass is 16.1. The molecule has 0 bridgehead atoms. The second kappa shape index (κ2) is 6.09. The first kappa shape index (κ1) is 14.6. The van der Waals surface area contributed by atoms with Gasteiger partial charge in [0.05, 0.1) is 18.0 Å². The molecule has 0 saturated heterocycles. The van der Waals surface area contributed by atoms with Crippen LogP contribution in [0.3, 0.4) is 0 Å². The summed E-state index contributed by atoms with van der Waals surface area (Å²) >= 11 is 0. The monoisotopic (exact) mass is 283 g/mol. The van der Waals surface area contributed by atoms with Gasteiger partial charge in [-0.25, -0.2) is 0 Å². The first-order valence-corrected chi connectivity index (χ1v) is 6.63. The molecule has 0 unspecified atom stereocenters. The Balaban J connectivity index is 2.34. The van der Waals surface area contributed by atoms with E-state index in [1.807, 2.05) is 37.3 Å². The van der Waals surface area contributed by atoms with Crippen molar-refractivity contribution in [2.24, 2.45) is 11.7 Å². The molecule has 1 heterocycles. The van der Waals surface area contributed by atoms with E-state index in [0.717, 1.165) is 5.69 Å². The number of nitriles is 1. The summed E-state index contributed by atoms with van der Waals surface area (Å²) in [5, 5.41) is 16.4. The van der Waals surface area contributed by atoms with Gasteiger partial charge in [0.15, 0.2) is 5.82 Å². The molecule has 0 fully saturated rings. The number of para-hydroxylation sites is 1. The number of hydrogen-bond acceptors (Lipinski definition) is 4. The highest BCUT2D eigenvalue weighted by Gasteiger charge is 2.20. The van der Waals surface area contributed by atoms with Crippen molar-refractivity contribution in [1.29, 1.82) is 5.26 Å². The topological polar surface area (TPSA) is 96.7 Å². The van der Waals surface area contributed by atoms with Gasteiger partial charge in [0.2, 0.25) is 0 Å². The van der Waals surface area contributed by atoms with Crippen LogP contribution in [0.2, 0.25) is 0 Å². The van der Waals surface area contributed by atoms with E-state index in [9.17, 15) is 4.79 Å². The largest absolute Gasteiger partial charge is 0.365 e. The maximum absolute atomic E-state index is 11.6. The number of nitrogens with zero attached hydrogens (tertiary/aromatic N) is 3. The van der Waals surface area contributed by atoms with E-state index in [4.69, 9.17) is 11.0 Å². The van der Waals surface area contributed by atoms with E-state index in [2.05, 4.69) is 16.5 Å². The molecule has 0 saturated carbocycles. The summed E-state index contributed by atoms with van der Waals surface area (Å²) < 4.78 is 1.60. The molecular formula is C15H17N5O. The number of carbonyl (C=O) groups excluding carboxylic acids is 1. The Bertz CT molecular complexity index is 671. The number of aromatic nitrogens is 2. The average molecular weight is 283 g/mol. The molecule has 0 aliphatic rings. The van der Waals surface area contributed by atoms with Gasteiger partial charge in [-0.05, 0) is 26.0 Å². The molecule has 21 heavy (non-hydrogen) atoms. The molecule has 1 aromatic heterocycles. The zero-order valence-corrected chi connectivity index (χ0v) is 11.9. The van der Waals surface area contributed by atoms with Crippen LogP contribution in [0.5, 0.6) is 0 Å². The summed E-state index contributed by atoms with van der Waals surface area (Å²) in [4.78, 5) is 11.6. The lowest BCUT2D eigenvalue weighted by Gasteiger charge is -2.13. The van der Waals surface area contributed by atoms with Crippen LogP contribution in [0.4, 0.5) is 11.5 Å². The van der Waals surface area contributed by atoms with Gasteiger partial charge in [-0.15, -0.1) is 0 Å². The number of hydrogen-bond donors (Lipinski definition) is 2. The quantitative estimate of drug-likeness (QED) is 0.880. The molecule has 0 aliphatic heterocycles. The third-order valence-electron chi connectivity index (χ3n) is 3.38. The van der Waals surface area contributed by atoms with E-state index >= 15 is 0 Å². The van der Waals surface area contributed by atoms with E-state index in [1.165, 1.54) is 0 Å². The van der Waals surface area contributed by atoms with Crippen LogP contribution in [0, 0.1) is 17.2 Å². The third-order valence-corrected chi connectivity index (χ3v) is 3.38. The van der Waals surface area contributed by atoms with Gasteiger partial charge in [0.25, 0.3) is 5.91 Å². The fourth-order valence-corrected chi connectivity index (χ4v) is 1.87. The van der Waals surface area contributed by atoms with Crippen LogP contribution in [0.1, 0.15) is 30.2 Å². The van der Waals surface area contributed by atoms with E-state index in [1.54, 1.807) is 17.8 Å². The number of benzene rings is 1. The number of amides is 1. The zero-order chi connectivity index (χ0) is 15.4. The zero-order valence-electron chi connectivity index (χ0n) is 11.9. The Morgan fingerprint density at radius 3 is 2.62 bits per heavy atom. The summed E-state index contributed by atoms with van der Waals surface area (Å²) in [5.41, 5.74) is 6.51. The minimum atomic E-state index is -0.559. The van der Waals surface area contributed by atoms with Gasteiger partial charge in [0.1, 0.15) is 5.56 Å². The SMILES string of the molecule is C[C@H](C#N)[C@H](C)n1cc(C(N)=O)c(Nc2ccccc2)n1. The molecule has 6 nitrogen and oxygen atoms in total. The third kappa shape index (κ3) is 3.20. The molecule has 1 aromatic carbocycles. The summed E-state index contributed by atoms with van der Waals surface area (Å²) in [5.74, 6) is -0.391. The number of primary amides is 1. The number of anilines is 2. The highest BCUT2D eigenvalue weighted by Crippen LogP contribution is 2.23. The van der Waals surface area contributed by atoms with Crippen LogP contribution in [-0.4, -0.2) is 15.7 Å². The summed E-state index contributed by atoms with van der Waals surface area (Å²) in [6, 6.07) is 11.4. The van der Waals surface area contributed by atoms with E-state index in [-0.39, 0.29) is 12.0 Å². The van der Waals surface area contributed by atoms with Gasteiger partial charge in [-0.3, -0.25) is 9.48 Å². The predicted molar refractivity (Wildman–Crippen MR) is 80.0 cm³/mol. The Labute approximate surface area is 123 Å². The van der Waals surface area contributed by atoms with Crippen LogP contribution in [0.15, 0.2) is 36.5 Å². The first-order valence-electron chi connectivity index (χ1n) is 6.63. The number of nitrogens with one attached hydrogen (secondary N) is 1. The molecule has 2 aromatic rings. The summed E-state index contributed by atoms with van der Waals surface area (Å²) in [6.45, 7) is 3.68. The Morgan fingerprint density at radius 1 is 1.38 bits per heavy atom. The lowest BCUT2D eigenvalue weighted by atomic mass is 10.1. The van der Waals surface area contributed by atoms with Crippen LogP contribution < -0.4 is 11.1 Å². The Morgan fingerprint density at radius 2 is 2.05 bits per heavy atom. The van der Waals surface area contributed by atoms with Crippen molar-refractivity contribution in [1.82, 2.24) is 9.78 Å². The summed E-state index contributed by atoms with van der Waals surface area (Å²) in [7, 11) is 0. The minimum Gasteiger partial charge on any atom is -0.365 e. The Hall–Kier alpha value is -2.81. The number of rotatable bonds is 5. The van der Waals surface area contributed by atoms with Crippen LogP contribution in [-0.2, 0) is 0 Å². The lowest BCUT2D eigenvalue weighted by molar-refractivity contribution is 0.100. The van der Waals surface area contributed by atoms with Gasteiger partial charge < -0.3 is 11.1 Å². The Kier molecular flexibility index (Phi) is 4.24. The number of nitrogens with two attached hydrogens (primary N) is 1. The smallest absolute Gasteiger partial charge is 0.254 e. The van der Waals surface area contributed by atoms with Crippen LogP contribution in [0.25, 0.3) is 0 Å². The van der Waals surface area contributed by atoms with Crippen molar-refractivity contribution in [2.45, 2.75) is 19.9 Å². The normalized spacial score (nSPS) is 13.2. The fourth-order valence-electron chi connectivity index (χ4n) is 1.87. The van der Waals surface area contributed by atoms with Crippen molar-refractivity contribution in [3.05, 3.63) is 42.1 Å². The maximum atomic E-state index is 11.6. The molecule has 6 heteroatoms. The molecule has 2 atom stereocenters. The standard InChI is InChI=1S/C15H17N5O/c1-10(8-16)11(2)20-9-13(14(17)21)15(19-20)18-12-6-4-3-5-7-12/h3-7,9-11H,1-2H3,(H2,17,21)(H,18,19)/t10-,11+/m1/s1. The molecular weight excluding hydrogens is 266 g/mol. The average Bonchev–Trinajstić information content (AvgIpc) is 2.90. The van der Waals surface area contributed by atoms with E-state index < -0.39 is 5.91 Å². The van der Waals surface area contributed by atoms with Gasteiger partial charge in [0, 0.05) is 11.9 Å². The number of carbonyl (C=O) groups is 1. The van der Waals surface area contributed by atoms with Crippen molar-refractivity contribution in [3.63, 3.8) is 0 Å². The fraction of sp³-hybridized carbons (Fsp3) is 0.267. The van der Waals surface area contributed by atoms with Gasteiger partial charge in [-0.1, -0.05) is 18.2 Å². The lowest BCUT2D eigenvalue weighted by Crippen LogP contribution is -2.14. The molecule has 0 radical (unpaired) electrons. The van der Waals surface area contributed by atoms with Crippen molar-refractivity contribution in [3.8, 4) is 6.07 Å². The molecule has 0 aliphatic carbocycles. The molecule has 1 amide bonds. The van der Waals surface area contributed by atoms with Gasteiger partial charge >= 0.3 is 0 Å². The second-order valence-electron chi connectivity index (χ2n) is 4.89. The predicted octanol–water partition coefficient (Wildman–Crippen LogP) is 2.45. The molecule has 108 valence electrons. The second-order valence-corrected chi connectivity index (χ2v) is 4.89. The minimum absolute atomic E-state index is 0.153. The van der Waals surface area contributed by atoms with Crippen molar-refractivity contribution < 1.29 is 4.79 Å².